The average Bonchev–Trinajstić information content (AvgIpc) is 3.22. The minimum atomic E-state index is -0.491. The van der Waals surface area contributed by atoms with Crippen LogP contribution in [0.3, 0.4) is 0 Å². The van der Waals surface area contributed by atoms with Gasteiger partial charge in [-0.25, -0.2) is 18.9 Å². The van der Waals surface area contributed by atoms with E-state index in [1.54, 1.807) is 29.3 Å². The Morgan fingerprint density at radius 3 is 3.13 bits per heavy atom. The summed E-state index contributed by atoms with van der Waals surface area (Å²) in [6.07, 6.45) is 14.3. The molecule has 3 aromatic heterocycles. The van der Waals surface area contributed by atoms with Crippen molar-refractivity contribution in [1.82, 2.24) is 29.5 Å². The van der Waals surface area contributed by atoms with Crippen molar-refractivity contribution < 1.29 is 4.39 Å². The second-order valence-corrected chi connectivity index (χ2v) is 7.60. The van der Waals surface area contributed by atoms with Crippen LogP contribution in [0, 0.1) is 17.1 Å². The van der Waals surface area contributed by atoms with E-state index < -0.39 is 5.82 Å². The van der Waals surface area contributed by atoms with E-state index in [1.807, 2.05) is 0 Å². The fourth-order valence-corrected chi connectivity index (χ4v) is 3.86. The smallest absolute Gasteiger partial charge is 0.183 e. The van der Waals surface area contributed by atoms with Crippen LogP contribution < -0.4 is 5.32 Å². The maximum atomic E-state index is 14.5. The highest BCUT2D eigenvalue weighted by Crippen LogP contribution is 2.25. The van der Waals surface area contributed by atoms with Crippen LogP contribution in [0.2, 0.25) is 0 Å². The number of likely N-dealkylation sites (tertiary alicyclic amines) is 1. The molecule has 160 valence electrons. The number of hydrogen-bond acceptors (Lipinski definition) is 7. The van der Waals surface area contributed by atoms with Gasteiger partial charge < -0.3 is 10.2 Å². The standard InChI is InChI=1S/C22H25FN8/c1-2-3-6-17(7-8-24)30-10-4-5-16(15-30)28-22-19(23)13-26-21(29-22)18-12-27-31-11-9-25-14-20(18)31/h6,9,11-14,16H,2-5,7,10,15H2,1H3,(H,26,28,29)/b17-6-. The Morgan fingerprint density at radius 1 is 1.39 bits per heavy atom. The van der Waals surface area contributed by atoms with Crippen LogP contribution in [0.4, 0.5) is 10.2 Å². The van der Waals surface area contributed by atoms with E-state index in [4.69, 9.17) is 0 Å². The van der Waals surface area contributed by atoms with Crippen LogP contribution in [-0.2, 0) is 0 Å². The fraction of sp³-hybridized carbons (Fsp3) is 0.409. The van der Waals surface area contributed by atoms with Gasteiger partial charge in [-0.15, -0.1) is 0 Å². The first-order valence-corrected chi connectivity index (χ1v) is 10.6. The minimum Gasteiger partial charge on any atom is -0.372 e. The van der Waals surface area contributed by atoms with Gasteiger partial charge in [-0.05, 0) is 19.3 Å². The van der Waals surface area contributed by atoms with Crippen molar-refractivity contribution in [1.29, 1.82) is 5.26 Å². The van der Waals surface area contributed by atoms with Crippen LogP contribution in [0.1, 0.15) is 39.0 Å². The maximum Gasteiger partial charge on any atom is 0.183 e. The van der Waals surface area contributed by atoms with Crippen molar-refractivity contribution in [2.24, 2.45) is 0 Å². The number of piperidine rings is 1. The third kappa shape index (κ3) is 4.63. The molecule has 3 aromatic rings. The minimum absolute atomic E-state index is 0.0280. The predicted molar refractivity (Wildman–Crippen MR) is 115 cm³/mol. The van der Waals surface area contributed by atoms with Gasteiger partial charge in [-0.2, -0.15) is 10.4 Å². The molecule has 1 atom stereocenters. The SMILES string of the molecule is CCC/C=C(/CC#N)N1CCCC(Nc2nc(-c3cnn4ccncc34)ncc2F)C1. The zero-order valence-corrected chi connectivity index (χ0v) is 17.5. The fourth-order valence-electron chi connectivity index (χ4n) is 3.86. The molecule has 4 rings (SSSR count). The van der Waals surface area contributed by atoms with Crippen molar-refractivity contribution in [3.05, 3.63) is 48.6 Å². The molecule has 1 saturated heterocycles. The van der Waals surface area contributed by atoms with E-state index in [9.17, 15) is 9.65 Å². The molecule has 1 unspecified atom stereocenters. The highest BCUT2D eigenvalue weighted by atomic mass is 19.1. The zero-order valence-electron chi connectivity index (χ0n) is 17.5. The summed E-state index contributed by atoms with van der Waals surface area (Å²) in [5.74, 6) is 0.0845. The van der Waals surface area contributed by atoms with Crippen molar-refractivity contribution >= 4 is 11.3 Å². The number of fused-ring (bicyclic) bond motifs is 1. The molecular weight excluding hydrogens is 395 g/mol. The molecule has 4 heterocycles. The molecule has 0 saturated carbocycles. The molecule has 1 aliphatic heterocycles. The van der Waals surface area contributed by atoms with Crippen molar-refractivity contribution in [2.45, 2.75) is 45.1 Å². The number of anilines is 1. The van der Waals surface area contributed by atoms with Crippen LogP contribution in [0.5, 0.6) is 0 Å². The summed E-state index contributed by atoms with van der Waals surface area (Å²) >= 11 is 0. The van der Waals surface area contributed by atoms with Crippen LogP contribution in [0.15, 0.2) is 42.8 Å². The van der Waals surface area contributed by atoms with E-state index in [0.29, 0.717) is 24.4 Å². The molecule has 0 bridgehead atoms. The summed E-state index contributed by atoms with van der Waals surface area (Å²) in [6, 6.07) is 2.29. The van der Waals surface area contributed by atoms with Crippen molar-refractivity contribution in [3.8, 4) is 17.5 Å². The lowest BCUT2D eigenvalue weighted by Gasteiger charge is -2.36. The topological polar surface area (TPSA) is 95.0 Å². The van der Waals surface area contributed by atoms with Gasteiger partial charge in [0, 0.05) is 37.2 Å². The number of nitriles is 1. The van der Waals surface area contributed by atoms with E-state index in [2.05, 4.69) is 49.3 Å². The number of allylic oxidation sites excluding steroid dienone is 2. The van der Waals surface area contributed by atoms with Gasteiger partial charge in [0.1, 0.15) is 0 Å². The monoisotopic (exact) mass is 420 g/mol. The maximum absolute atomic E-state index is 14.5. The molecule has 0 aromatic carbocycles. The first-order valence-electron chi connectivity index (χ1n) is 10.6. The highest BCUT2D eigenvalue weighted by molar-refractivity contribution is 5.75. The third-order valence-corrected chi connectivity index (χ3v) is 5.41. The zero-order chi connectivity index (χ0) is 21.6. The number of halogens is 1. The van der Waals surface area contributed by atoms with E-state index in [-0.39, 0.29) is 11.9 Å². The van der Waals surface area contributed by atoms with Gasteiger partial charge in [0.15, 0.2) is 17.5 Å². The Hall–Kier alpha value is -3.54. The van der Waals surface area contributed by atoms with Gasteiger partial charge >= 0.3 is 0 Å². The Morgan fingerprint density at radius 2 is 2.29 bits per heavy atom. The lowest BCUT2D eigenvalue weighted by molar-refractivity contribution is 0.264. The molecule has 9 heteroatoms. The Balaban J connectivity index is 1.54. The molecule has 1 N–H and O–H groups in total. The number of nitrogens with zero attached hydrogens (tertiary/aromatic N) is 7. The van der Waals surface area contributed by atoms with Crippen molar-refractivity contribution in [3.63, 3.8) is 0 Å². The number of rotatable bonds is 7. The van der Waals surface area contributed by atoms with Crippen molar-refractivity contribution in [2.75, 3.05) is 18.4 Å². The van der Waals surface area contributed by atoms with Gasteiger partial charge in [-0.1, -0.05) is 19.4 Å². The Kier molecular flexibility index (Phi) is 6.36. The molecule has 31 heavy (non-hydrogen) atoms. The van der Waals surface area contributed by atoms with E-state index in [1.165, 1.54) is 6.20 Å². The van der Waals surface area contributed by atoms with Crippen LogP contribution in [-0.4, -0.2) is 48.6 Å². The lowest BCUT2D eigenvalue weighted by atomic mass is 10.0. The summed E-state index contributed by atoms with van der Waals surface area (Å²) in [4.78, 5) is 15.0. The molecule has 0 amide bonds. The summed E-state index contributed by atoms with van der Waals surface area (Å²) in [5.41, 5.74) is 2.50. The molecular formula is C22H25FN8. The first kappa shape index (κ1) is 20.7. The van der Waals surface area contributed by atoms with E-state index >= 15 is 0 Å². The molecule has 0 spiro atoms. The predicted octanol–water partition coefficient (Wildman–Crippen LogP) is 3.80. The summed E-state index contributed by atoms with van der Waals surface area (Å²) < 4.78 is 16.2. The van der Waals surface area contributed by atoms with Crippen LogP contribution >= 0.6 is 0 Å². The number of hydrogen-bond donors (Lipinski definition) is 1. The van der Waals surface area contributed by atoms with E-state index in [0.717, 1.165) is 43.4 Å². The summed E-state index contributed by atoms with van der Waals surface area (Å²) in [6.45, 7) is 3.73. The third-order valence-electron chi connectivity index (χ3n) is 5.41. The normalized spacial score (nSPS) is 17.0. The second-order valence-electron chi connectivity index (χ2n) is 7.60. The number of nitrogens with one attached hydrogen (secondary N) is 1. The Bertz CT molecular complexity index is 1120. The van der Waals surface area contributed by atoms with Gasteiger partial charge in [-0.3, -0.25) is 4.98 Å². The molecule has 0 aliphatic carbocycles. The van der Waals surface area contributed by atoms with Gasteiger partial charge in [0.05, 0.1) is 42.2 Å². The molecule has 1 aliphatic rings. The van der Waals surface area contributed by atoms with Gasteiger partial charge in [0.2, 0.25) is 0 Å². The number of aromatic nitrogens is 5. The molecule has 0 radical (unpaired) electrons. The molecule has 8 nitrogen and oxygen atoms in total. The van der Waals surface area contributed by atoms with Crippen LogP contribution in [0.25, 0.3) is 16.9 Å². The van der Waals surface area contributed by atoms with Gasteiger partial charge in [0.25, 0.3) is 0 Å². The summed E-state index contributed by atoms with van der Waals surface area (Å²) in [7, 11) is 0. The highest BCUT2D eigenvalue weighted by Gasteiger charge is 2.23. The first-order chi connectivity index (χ1) is 15.2. The molecule has 1 fully saturated rings. The lowest BCUT2D eigenvalue weighted by Crippen LogP contribution is -2.41. The second kappa shape index (κ2) is 9.51. The largest absolute Gasteiger partial charge is 0.372 e. The number of unbranched alkanes of at least 4 members (excludes halogenated alkanes) is 1. The quantitative estimate of drug-likeness (QED) is 0.621. The summed E-state index contributed by atoms with van der Waals surface area (Å²) in [5, 5.41) is 16.7. The Labute approximate surface area is 180 Å². The average molecular weight is 420 g/mol.